The first-order chi connectivity index (χ1) is 14.6. The molecule has 1 saturated heterocycles. The molecule has 1 atom stereocenters. The topological polar surface area (TPSA) is 58.6 Å². The van der Waals surface area contributed by atoms with Gasteiger partial charge in [0, 0.05) is 23.0 Å². The highest BCUT2D eigenvalue weighted by Crippen LogP contribution is 2.39. The van der Waals surface area contributed by atoms with E-state index in [2.05, 4.69) is 10.2 Å². The number of amides is 1. The molecule has 2 heterocycles. The Kier molecular flexibility index (Phi) is 6.76. The second-order valence-corrected chi connectivity index (χ2v) is 9.57. The Morgan fingerprint density at radius 1 is 1.23 bits per heavy atom. The number of piperidine rings is 1. The Bertz CT molecular complexity index is 943. The number of likely N-dealkylation sites (tertiary alicyclic amines) is 1. The van der Waals surface area contributed by atoms with Crippen molar-refractivity contribution in [1.29, 1.82) is 0 Å². The van der Waals surface area contributed by atoms with E-state index < -0.39 is 0 Å². The standard InChI is InChI=1S/C23H27ClN2O3S/c1-29-23(28)20-17-9-3-5-11-19(17)30-22(20)25-21(27)16-8-6-12-26(14-16)13-15-7-2-4-10-18(15)24/h2,4,7,10,16H,3,5-6,8-9,11-14H2,1H3,(H,25,27)/t16-/m0/s1. The number of esters is 1. The number of benzene rings is 1. The largest absolute Gasteiger partial charge is 0.465 e. The summed E-state index contributed by atoms with van der Waals surface area (Å²) in [5, 5.41) is 4.49. The first-order valence-corrected chi connectivity index (χ1v) is 11.8. The number of anilines is 1. The zero-order valence-electron chi connectivity index (χ0n) is 17.2. The normalized spacial score (nSPS) is 19.2. The summed E-state index contributed by atoms with van der Waals surface area (Å²) in [6.45, 7) is 2.38. The van der Waals surface area contributed by atoms with Gasteiger partial charge in [0.25, 0.3) is 0 Å². The molecule has 7 heteroatoms. The molecule has 1 N–H and O–H groups in total. The second kappa shape index (κ2) is 9.50. The van der Waals surface area contributed by atoms with Gasteiger partial charge in [-0.05, 0) is 62.3 Å². The van der Waals surface area contributed by atoms with Crippen LogP contribution in [0.25, 0.3) is 0 Å². The average molecular weight is 447 g/mol. The van der Waals surface area contributed by atoms with E-state index in [1.165, 1.54) is 23.3 Å². The summed E-state index contributed by atoms with van der Waals surface area (Å²) in [7, 11) is 1.40. The summed E-state index contributed by atoms with van der Waals surface area (Å²) in [4.78, 5) is 29.0. The number of carbonyl (C=O) groups excluding carboxylic acids is 2. The van der Waals surface area contributed by atoms with Crippen LogP contribution in [0.5, 0.6) is 0 Å². The van der Waals surface area contributed by atoms with Crippen molar-refractivity contribution in [2.45, 2.75) is 45.1 Å². The minimum atomic E-state index is -0.353. The Labute approximate surface area is 186 Å². The predicted molar refractivity (Wildman–Crippen MR) is 120 cm³/mol. The minimum Gasteiger partial charge on any atom is -0.465 e. The van der Waals surface area contributed by atoms with Crippen LogP contribution in [0.2, 0.25) is 5.02 Å². The van der Waals surface area contributed by atoms with Crippen LogP contribution in [-0.4, -0.2) is 37.0 Å². The predicted octanol–water partition coefficient (Wildman–Crippen LogP) is 4.92. The summed E-state index contributed by atoms with van der Waals surface area (Å²) >= 11 is 7.85. The van der Waals surface area contributed by atoms with Crippen LogP contribution >= 0.6 is 22.9 Å². The molecule has 0 unspecified atom stereocenters. The lowest BCUT2D eigenvalue weighted by molar-refractivity contribution is -0.121. The van der Waals surface area contributed by atoms with E-state index in [9.17, 15) is 9.59 Å². The molecular weight excluding hydrogens is 420 g/mol. The molecule has 1 fully saturated rings. The molecule has 5 nitrogen and oxygen atoms in total. The van der Waals surface area contributed by atoms with Crippen molar-refractivity contribution in [3.63, 3.8) is 0 Å². The zero-order valence-corrected chi connectivity index (χ0v) is 18.8. The Balaban J connectivity index is 1.47. The lowest BCUT2D eigenvalue weighted by atomic mass is 9.95. The van der Waals surface area contributed by atoms with Crippen LogP contribution < -0.4 is 5.32 Å². The van der Waals surface area contributed by atoms with Crippen molar-refractivity contribution in [3.05, 3.63) is 50.9 Å². The minimum absolute atomic E-state index is 0.0115. The van der Waals surface area contributed by atoms with Gasteiger partial charge in [-0.1, -0.05) is 29.8 Å². The van der Waals surface area contributed by atoms with E-state index in [0.29, 0.717) is 17.1 Å². The number of nitrogens with one attached hydrogen (secondary N) is 1. The fraction of sp³-hybridized carbons (Fsp3) is 0.478. The number of aryl methyl sites for hydroxylation is 1. The molecule has 4 rings (SSSR count). The quantitative estimate of drug-likeness (QED) is 0.662. The number of thiophene rings is 1. The van der Waals surface area contributed by atoms with E-state index in [4.69, 9.17) is 16.3 Å². The number of methoxy groups -OCH3 is 1. The maximum atomic E-state index is 13.1. The van der Waals surface area contributed by atoms with Crippen LogP contribution in [-0.2, 0) is 28.9 Å². The third kappa shape index (κ3) is 4.56. The fourth-order valence-corrected chi connectivity index (χ4v) is 5.94. The number of fused-ring (bicyclic) bond motifs is 1. The lowest BCUT2D eigenvalue weighted by Gasteiger charge is -2.32. The van der Waals surface area contributed by atoms with Crippen LogP contribution in [0.1, 0.15) is 52.0 Å². The molecule has 1 aliphatic carbocycles. The van der Waals surface area contributed by atoms with Crippen molar-refractivity contribution in [1.82, 2.24) is 4.90 Å². The Morgan fingerprint density at radius 2 is 2.03 bits per heavy atom. The van der Waals surface area contributed by atoms with Crippen molar-refractivity contribution in [2.24, 2.45) is 5.92 Å². The number of halogens is 1. The summed E-state index contributed by atoms with van der Waals surface area (Å²) < 4.78 is 5.02. The molecule has 1 aromatic heterocycles. The summed E-state index contributed by atoms with van der Waals surface area (Å²) in [5.41, 5.74) is 2.71. The molecule has 1 aromatic carbocycles. The van der Waals surface area contributed by atoms with Crippen LogP contribution in [0, 0.1) is 5.92 Å². The smallest absolute Gasteiger partial charge is 0.341 e. The van der Waals surface area contributed by atoms with Crippen LogP contribution in [0.4, 0.5) is 5.00 Å². The van der Waals surface area contributed by atoms with Gasteiger partial charge in [-0.15, -0.1) is 11.3 Å². The van der Waals surface area contributed by atoms with Crippen molar-refractivity contribution >= 4 is 39.8 Å². The van der Waals surface area contributed by atoms with E-state index in [0.717, 1.165) is 67.8 Å². The maximum Gasteiger partial charge on any atom is 0.341 e. The molecule has 0 radical (unpaired) electrons. The molecule has 160 valence electrons. The first kappa shape index (κ1) is 21.3. The van der Waals surface area contributed by atoms with E-state index >= 15 is 0 Å². The van der Waals surface area contributed by atoms with Crippen LogP contribution in [0.3, 0.4) is 0 Å². The maximum absolute atomic E-state index is 13.1. The molecule has 2 aliphatic rings. The zero-order chi connectivity index (χ0) is 21.1. The van der Waals surface area contributed by atoms with Gasteiger partial charge in [-0.25, -0.2) is 4.79 Å². The van der Waals surface area contributed by atoms with Crippen LogP contribution in [0.15, 0.2) is 24.3 Å². The second-order valence-electron chi connectivity index (χ2n) is 8.06. The van der Waals surface area contributed by atoms with Gasteiger partial charge in [0.05, 0.1) is 18.6 Å². The average Bonchev–Trinajstić information content (AvgIpc) is 3.13. The number of hydrogen-bond donors (Lipinski definition) is 1. The molecule has 0 spiro atoms. The molecular formula is C23H27ClN2O3S. The molecule has 0 bridgehead atoms. The molecule has 1 amide bonds. The number of nitrogens with zero attached hydrogens (tertiary/aromatic N) is 1. The van der Waals surface area contributed by atoms with Gasteiger partial charge in [-0.3, -0.25) is 9.69 Å². The van der Waals surface area contributed by atoms with Gasteiger partial charge >= 0.3 is 5.97 Å². The van der Waals surface area contributed by atoms with Gasteiger partial charge in [-0.2, -0.15) is 0 Å². The third-order valence-corrected chi connectivity index (χ3v) is 7.60. The highest BCUT2D eigenvalue weighted by Gasteiger charge is 2.30. The fourth-order valence-electron chi connectivity index (χ4n) is 4.47. The summed E-state index contributed by atoms with van der Waals surface area (Å²) in [6, 6.07) is 7.85. The Hall–Kier alpha value is -1.89. The number of rotatable bonds is 5. The molecule has 30 heavy (non-hydrogen) atoms. The van der Waals surface area contributed by atoms with E-state index in [1.54, 1.807) is 0 Å². The number of hydrogen-bond acceptors (Lipinski definition) is 5. The molecule has 1 aliphatic heterocycles. The first-order valence-electron chi connectivity index (χ1n) is 10.6. The van der Waals surface area contributed by atoms with Gasteiger partial charge in [0.1, 0.15) is 5.00 Å². The van der Waals surface area contributed by atoms with Gasteiger partial charge < -0.3 is 10.1 Å². The monoisotopic (exact) mass is 446 g/mol. The SMILES string of the molecule is COC(=O)c1c(NC(=O)[C@H]2CCCN(Cc3ccccc3Cl)C2)sc2c1CCCC2. The number of carbonyl (C=O) groups is 2. The van der Waals surface area contributed by atoms with Crippen molar-refractivity contribution < 1.29 is 14.3 Å². The summed E-state index contributed by atoms with van der Waals surface area (Å²) in [6.07, 6.45) is 5.86. The van der Waals surface area contributed by atoms with E-state index in [1.807, 2.05) is 24.3 Å². The Morgan fingerprint density at radius 3 is 2.83 bits per heavy atom. The highest BCUT2D eigenvalue weighted by molar-refractivity contribution is 7.17. The van der Waals surface area contributed by atoms with Gasteiger partial charge in [0.15, 0.2) is 0 Å². The van der Waals surface area contributed by atoms with Crippen molar-refractivity contribution in [2.75, 3.05) is 25.5 Å². The third-order valence-electron chi connectivity index (χ3n) is 6.03. The molecule has 2 aromatic rings. The number of ether oxygens (including phenoxy) is 1. The van der Waals surface area contributed by atoms with Gasteiger partial charge in [0.2, 0.25) is 5.91 Å². The van der Waals surface area contributed by atoms with Crippen molar-refractivity contribution in [3.8, 4) is 0 Å². The highest BCUT2D eigenvalue weighted by atomic mass is 35.5. The summed E-state index contributed by atoms with van der Waals surface area (Å²) in [5.74, 6) is -0.470. The molecule has 0 saturated carbocycles. The van der Waals surface area contributed by atoms with E-state index in [-0.39, 0.29) is 17.8 Å². The lowest BCUT2D eigenvalue weighted by Crippen LogP contribution is -2.40.